The number of fused-ring (bicyclic) bond motifs is 3. The third-order valence-electron chi connectivity index (χ3n) is 6.77. The molecule has 2 unspecified atom stereocenters. The number of carbonyl (C=O) groups is 3. The zero-order chi connectivity index (χ0) is 24.3. The molecule has 4 rings (SSSR count). The topological polar surface area (TPSA) is 105 Å². The Hall–Kier alpha value is -3.61. The molecule has 2 aliphatic carbocycles. The van der Waals surface area contributed by atoms with E-state index in [9.17, 15) is 19.5 Å². The maximum absolute atomic E-state index is 12.8. The first-order valence-corrected chi connectivity index (χ1v) is 11.6. The lowest BCUT2D eigenvalue weighted by Gasteiger charge is -2.30. The van der Waals surface area contributed by atoms with Gasteiger partial charge in [0.1, 0.15) is 12.6 Å². The zero-order valence-electron chi connectivity index (χ0n) is 19.3. The van der Waals surface area contributed by atoms with Gasteiger partial charge in [-0.3, -0.25) is 4.79 Å². The largest absolute Gasteiger partial charge is 0.480 e. The van der Waals surface area contributed by atoms with Crippen LogP contribution in [0.1, 0.15) is 49.7 Å². The third kappa shape index (κ3) is 4.98. The van der Waals surface area contributed by atoms with Gasteiger partial charge in [-0.25, -0.2) is 9.59 Å². The molecule has 7 nitrogen and oxygen atoms in total. The van der Waals surface area contributed by atoms with E-state index in [0.29, 0.717) is 0 Å². The number of carboxylic acid groups (broad SMARTS) is 1. The fraction of sp³-hybridized carbons (Fsp3) is 0.370. The van der Waals surface area contributed by atoms with Crippen LogP contribution >= 0.6 is 0 Å². The first kappa shape index (κ1) is 23.5. The van der Waals surface area contributed by atoms with Gasteiger partial charge in [0.15, 0.2) is 0 Å². The van der Waals surface area contributed by atoms with E-state index >= 15 is 0 Å². The molecule has 2 aliphatic rings. The molecular weight excluding hydrogens is 432 g/mol. The fourth-order valence-electron chi connectivity index (χ4n) is 4.85. The molecule has 2 aromatic carbocycles. The van der Waals surface area contributed by atoms with Crippen molar-refractivity contribution in [2.45, 2.75) is 50.1 Å². The average molecular weight is 463 g/mol. The molecule has 34 heavy (non-hydrogen) atoms. The smallest absolute Gasteiger partial charge is 0.407 e. The van der Waals surface area contributed by atoms with Crippen molar-refractivity contribution in [2.75, 3.05) is 6.61 Å². The molecule has 0 spiro atoms. The van der Waals surface area contributed by atoms with E-state index in [1.165, 1.54) is 6.08 Å². The number of nitrogens with one attached hydrogen (secondary N) is 2. The predicted molar refractivity (Wildman–Crippen MR) is 128 cm³/mol. The Morgan fingerprint density at radius 2 is 1.71 bits per heavy atom. The van der Waals surface area contributed by atoms with Crippen LogP contribution in [-0.4, -0.2) is 41.3 Å². The molecule has 0 heterocycles. The Labute approximate surface area is 199 Å². The van der Waals surface area contributed by atoms with Gasteiger partial charge in [0.05, 0.1) is 5.54 Å². The highest BCUT2D eigenvalue weighted by molar-refractivity contribution is 5.85. The second kappa shape index (κ2) is 9.71. The highest BCUT2D eigenvalue weighted by Gasteiger charge is 2.45. The summed E-state index contributed by atoms with van der Waals surface area (Å²) in [4.78, 5) is 36.8. The van der Waals surface area contributed by atoms with Gasteiger partial charge in [-0.1, -0.05) is 54.6 Å². The highest BCUT2D eigenvalue weighted by Crippen LogP contribution is 2.45. The van der Waals surface area contributed by atoms with E-state index in [4.69, 9.17) is 4.74 Å². The number of rotatable bonds is 10. The lowest BCUT2D eigenvalue weighted by atomic mass is 9.91. The molecule has 2 atom stereocenters. The van der Waals surface area contributed by atoms with Crippen molar-refractivity contribution in [2.24, 2.45) is 5.92 Å². The average Bonchev–Trinajstić information content (AvgIpc) is 3.61. The van der Waals surface area contributed by atoms with Crippen molar-refractivity contribution in [3.63, 3.8) is 0 Å². The van der Waals surface area contributed by atoms with E-state index in [1.807, 2.05) is 31.2 Å². The van der Waals surface area contributed by atoms with E-state index < -0.39 is 29.6 Å². The van der Waals surface area contributed by atoms with Crippen molar-refractivity contribution in [1.29, 1.82) is 0 Å². The van der Waals surface area contributed by atoms with Crippen LogP contribution in [0.15, 0.2) is 61.2 Å². The van der Waals surface area contributed by atoms with Crippen LogP contribution in [0.2, 0.25) is 0 Å². The Morgan fingerprint density at radius 3 is 2.24 bits per heavy atom. The number of benzene rings is 2. The molecule has 3 N–H and O–H groups in total. The first-order chi connectivity index (χ1) is 16.3. The van der Waals surface area contributed by atoms with Gasteiger partial charge < -0.3 is 20.5 Å². The Balaban J connectivity index is 1.40. The maximum atomic E-state index is 12.8. The van der Waals surface area contributed by atoms with E-state index in [1.54, 1.807) is 0 Å². The van der Waals surface area contributed by atoms with Gasteiger partial charge in [-0.05, 0) is 54.4 Å². The molecule has 0 aromatic heterocycles. The summed E-state index contributed by atoms with van der Waals surface area (Å²) < 4.78 is 5.66. The molecule has 2 aromatic rings. The number of hydrogen-bond donors (Lipinski definition) is 3. The Bertz CT molecular complexity index is 1060. The minimum Gasteiger partial charge on any atom is -0.480 e. The number of amides is 2. The molecule has 178 valence electrons. The molecular formula is C27H30N2O5. The summed E-state index contributed by atoms with van der Waals surface area (Å²) in [6, 6.07) is 15.2. The second-order valence-electron chi connectivity index (χ2n) is 9.30. The molecule has 1 saturated carbocycles. The number of alkyl carbamates (subject to hydrolysis) is 1. The minimum absolute atomic E-state index is 0.0250. The Kier molecular flexibility index (Phi) is 6.72. The van der Waals surface area contributed by atoms with Crippen molar-refractivity contribution in [3.05, 3.63) is 72.3 Å². The summed E-state index contributed by atoms with van der Waals surface area (Å²) in [5.41, 5.74) is 3.74. The van der Waals surface area contributed by atoms with Crippen LogP contribution in [0.4, 0.5) is 4.79 Å². The number of carboxylic acids is 1. The van der Waals surface area contributed by atoms with Gasteiger partial charge in [0.25, 0.3) is 0 Å². The monoisotopic (exact) mass is 462 g/mol. The Morgan fingerprint density at radius 1 is 1.12 bits per heavy atom. The summed E-state index contributed by atoms with van der Waals surface area (Å²) in [6.07, 6.45) is 2.76. The van der Waals surface area contributed by atoms with E-state index in [2.05, 4.69) is 41.5 Å². The molecule has 0 aliphatic heterocycles. The molecule has 2 amide bonds. The normalized spacial score (nSPS) is 17.0. The SMILES string of the molecule is C=CCC(NC(=O)CC(C)(NC(=O)OCC1c2ccccc2-c2ccccc21)C1CC1)C(=O)O. The zero-order valence-corrected chi connectivity index (χ0v) is 19.3. The number of ether oxygens (including phenoxy) is 1. The molecule has 1 fully saturated rings. The highest BCUT2D eigenvalue weighted by atomic mass is 16.5. The lowest BCUT2D eigenvalue weighted by Crippen LogP contribution is -2.52. The number of aliphatic carboxylic acids is 1. The van der Waals surface area contributed by atoms with Gasteiger partial charge in [-0.2, -0.15) is 0 Å². The summed E-state index contributed by atoms with van der Waals surface area (Å²) >= 11 is 0. The first-order valence-electron chi connectivity index (χ1n) is 11.6. The molecule has 7 heteroatoms. The van der Waals surface area contributed by atoms with Crippen molar-refractivity contribution in [1.82, 2.24) is 10.6 Å². The van der Waals surface area contributed by atoms with E-state index in [-0.39, 0.29) is 31.3 Å². The standard InChI is InChI=1S/C27H30N2O5/c1-3-8-23(25(31)32)28-24(30)15-27(2,17-13-14-17)29-26(33)34-16-22-20-11-6-4-9-18(20)19-10-5-7-12-21(19)22/h3-7,9-12,17,22-23H,1,8,13-16H2,2H3,(H,28,30)(H,29,33)(H,31,32). The summed E-state index contributed by atoms with van der Waals surface area (Å²) in [6.45, 7) is 5.54. The summed E-state index contributed by atoms with van der Waals surface area (Å²) in [5, 5.41) is 14.7. The van der Waals surface area contributed by atoms with Gasteiger partial charge in [-0.15, -0.1) is 6.58 Å². The molecule has 0 radical (unpaired) electrons. The quantitative estimate of drug-likeness (QED) is 0.459. The van der Waals surface area contributed by atoms with Crippen LogP contribution in [0.3, 0.4) is 0 Å². The summed E-state index contributed by atoms with van der Waals surface area (Å²) in [5.74, 6) is -1.46. The van der Waals surface area contributed by atoms with Crippen molar-refractivity contribution in [3.8, 4) is 11.1 Å². The van der Waals surface area contributed by atoms with Crippen molar-refractivity contribution < 1.29 is 24.2 Å². The lowest BCUT2D eigenvalue weighted by molar-refractivity contribution is -0.142. The summed E-state index contributed by atoms with van der Waals surface area (Å²) in [7, 11) is 0. The third-order valence-corrected chi connectivity index (χ3v) is 6.77. The number of carbonyl (C=O) groups excluding carboxylic acids is 2. The van der Waals surface area contributed by atoms with Crippen LogP contribution < -0.4 is 10.6 Å². The second-order valence-corrected chi connectivity index (χ2v) is 9.30. The molecule has 0 bridgehead atoms. The van der Waals surface area contributed by atoms with Crippen LogP contribution in [0.5, 0.6) is 0 Å². The van der Waals surface area contributed by atoms with Gasteiger partial charge >= 0.3 is 12.1 Å². The van der Waals surface area contributed by atoms with Crippen LogP contribution in [0, 0.1) is 5.92 Å². The van der Waals surface area contributed by atoms with Crippen molar-refractivity contribution >= 4 is 18.0 Å². The van der Waals surface area contributed by atoms with Crippen LogP contribution in [-0.2, 0) is 14.3 Å². The predicted octanol–water partition coefficient (Wildman–Crippen LogP) is 4.23. The molecule has 0 saturated heterocycles. The maximum Gasteiger partial charge on any atom is 0.407 e. The van der Waals surface area contributed by atoms with Gasteiger partial charge in [0, 0.05) is 12.3 Å². The van der Waals surface area contributed by atoms with E-state index in [0.717, 1.165) is 35.1 Å². The fourth-order valence-corrected chi connectivity index (χ4v) is 4.85. The minimum atomic E-state index is -1.12. The van der Waals surface area contributed by atoms with Gasteiger partial charge in [0.2, 0.25) is 5.91 Å². The van der Waals surface area contributed by atoms with Crippen LogP contribution in [0.25, 0.3) is 11.1 Å². The number of hydrogen-bond acceptors (Lipinski definition) is 4.